The van der Waals surface area contributed by atoms with Crippen LogP contribution in [0.15, 0.2) is 24.3 Å². The second-order valence-corrected chi connectivity index (χ2v) is 4.92. The van der Waals surface area contributed by atoms with E-state index in [1.54, 1.807) is 24.3 Å². The average Bonchev–Trinajstić information content (AvgIpc) is 2.88. The van der Waals surface area contributed by atoms with Crippen LogP contribution in [0, 0.1) is 0 Å². The van der Waals surface area contributed by atoms with Gasteiger partial charge in [-0.05, 0) is 24.0 Å². The van der Waals surface area contributed by atoms with Gasteiger partial charge >= 0.3 is 5.97 Å². The van der Waals surface area contributed by atoms with Crippen molar-refractivity contribution >= 4 is 5.97 Å². The fourth-order valence-corrected chi connectivity index (χ4v) is 2.75. The smallest absolute Gasteiger partial charge is 0.314 e. The van der Waals surface area contributed by atoms with Crippen molar-refractivity contribution in [2.45, 2.75) is 37.2 Å². The molecule has 0 bridgehead atoms. The first-order valence-corrected chi connectivity index (χ1v) is 6.23. The summed E-state index contributed by atoms with van der Waals surface area (Å²) < 4.78 is 0. The van der Waals surface area contributed by atoms with Crippen LogP contribution in [-0.2, 0) is 10.2 Å². The molecule has 98 valence electrons. The van der Waals surface area contributed by atoms with Crippen molar-refractivity contribution in [2.24, 2.45) is 0 Å². The van der Waals surface area contributed by atoms with E-state index in [1.807, 2.05) is 0 Å². The molecule has 1 aromatic rings. The molecule has 4 heteroatoms. The predicted octanol–water partition coefficient (Wildman–Crippen LogP) is 1.61. The monoisotopic (exact) mass is 250 g/mol. The van der Waals surface area contributed by atoms with E-state index in [4.69, 9.17) is 5.11 Å². The van der Waals surface area contributed by atoms with E-state index < -0.39 is 17.5 Å². The molecule has 1 saturated carbocycles. The third kappa shape index (κ3) is 2.13. The molecule has 1 aromatic carbocycles. The summed E-state index contributed by atoms with van der Waals surface area (Å²) in [5.41, 5.74) is 0.491. The van der Waals surface area contributed by atoms with Crippen molar-refractivity contribution in [1.29, 1.82) is 0 Å². The van der Waals surface area contributed by atoms with Gasteiger partial charge in [0.05, 0.1) is 12.0 Å². The Hall–Kier alpha value is -1.39. The predicted molar refractivity (Wildman–Crippen MR) is 66.3 cm³/mol. The summed E-state index contributed by atoms with van der Waals surface area (Å²) in [5.74, 6) is -0.796. The molecule has 0 aliphatic heterocycles. The van der Waals surface area contributed by atoms with E-state index in [0.29, 0.717) is 18.4 Å². The zero-order valence-electron chi connectivity index (χ0n) is 10.2. The van der Waals surface area contributed by atoms with Gasteiger partial charge < -0.3 is 15.3 Å². The molecule has 0 saturated heterocycles. The number of rotatable bonds is 4. The van der Waals surface area contributed by atoms with E-state index in [-0.39, 0.29) is 6.61 Å². The van der Waals surface area contributed by atoms with Gasteiger partial charge in [0.25, 0.3) is 0 Å². The average molecular weight is 250 g/mol. The van der Waals surface area contributed by atoms with Crippen molar-refractivity contribution in [2.75, 3.05) is 6.61 Å². The Balaban J connectivity index is 2.40. The van der Waals surface area contributed by atoms with Gasteiger partial charge in [-0.2, -0.15) is 0 Å². The largest absolute Gasteiger partial charge is 0.481 e. The van der Waals surface area contributed by atoms with Crippen LogP contribution in [0.5, 0.6) is 0 Å². The van der Waals surface area contributed by atoms with Crippen LogP contribution in [-0.4, -0.2) is 27.9 Å². The lowest BCUT2D eigenvalue weighted by atomic mass is 9.78. The standard InChI is InChI=1S/C14H18O4/c15-9-12(16)10-4-3-5-11(8-10)14(13(17)18)6-1-2-7-14/h3-5,8,12,15-16H,1-2,6-7,9H2,(H,17,18). The summed E-state index contributed by atoms with van der Waals surface area (Å²) in [5, 5.41) is 28.1. The van der Waals surface area contributed by atoms with Crippen LogP contribution < -0.4 is 0 Å². The van der Waals surface area contributed by atoms with Crippen molar-refractivity contribution < 1.29 is 20.1 Å². The molecule has 1 aliphatic carbocycles. The molecule has 0 radical (unpaired) electrons. The molecule has 3 N–H and O–H groups in total. The first-order valence-electron chi connectivity index (χ1n) is 6.23. The number of hydrogen-bond donors (Lipinski definition) is 3. The van der Waals surface area contributed by atoms with Crippen molar-refractivity contribution in [1.82, 2.24) is 0 Å². The highest BCUT2D eigenvalue weighted by molar-refractivity contribution is 5.81. The number of carboxylic acid groups (broad SMARTS) is 1. The molecule has 1 fully saturated rings. The van der Waals surface area contributed by atoms with Crippen LogP contribution in [0.4, 0.5) is 0 Å². The van der Waals surface area contributed by atoms with Crippen molar-refractivity contribution in [3.8, 4) is 0 Å². The molecular weight excluding hydrogens is 232 g/mol. The first-order chi connectivity index (χ1) is 8.60. The number of carboxylic acids is 1. The molecule has 18 heavy (non-hydrogen) atoms. The Morgan fingerprint density at radius 1 is 1.33 bits per heavy atom. The molecule has 1 atom stereocenters. The van der Waals surface area contributed by atoms with Crippen molar-refractivity contribution in [3.05, 3.63) is 35.4 Å². The topological polar surface area (TPSA) is 77.8 Å². The summed E-state index contributed by atoms with van der Waals surface area (Å²) >= 11 is 0. The maximum atomic E-state index is 11.6. The second kappa shape index (κ2) is 5.08. The van der Waals surface area contributed by atoms with E-state index >= 15 is 0 Å². The third-order valence-corrected chi connectivity index (χ3v) is 3.86. The molecule has 2 rings (SSSR count). The maximum Gasteiger partial charge on any atom is 0.314 e. The summed E-state index contributed by atoms with van der Waals surface area (Å²) in [6.45, 7) is -0.358. The van der Waals surface area contributed by atoms with E-state index in [9.17, 15) is 15.0 Å². The molecule has 1 unspecified atom stereocenters. The van der Waals surface area contributed by atoms with Gasteiger partial charge in [-0.1, -0.05) is 37.1 Å². The lowest BCUT2D eigenvalue weighted by Gasteiger charge is -2.25. The Morgan fingerprint density at radius 2 is 2.00 bits per heavy atom. The van der Waals surface area contributed by atoms with Crippen molar-refractivity contribution in [3.63, 3.8) is 0 Å². The van der Waals surface area contributed by atoms with Crippen LogP contribution in [0.1, 0.15) is 42.9 Å². The Morgan fingerprint density at radius 3 is 2.56 bits per heavy atom. The van der Waals surface area contributed by atoms with E-state index in [2.05, 4.69) is 0 Å². The van der Waals surface area contributed by atoms with Crippen LogP contribution in [0.3, 0.4) is 0 Å². The quantitative estimate of drug-likeness (QED) is 0.758. The fraction of sp³-hybridized carbons (Fsp3) is 0.500. The number of aliphatic hydroxyl groups is 2. The molecule has 0 spiro atoms. The summed E-state index contributed by atoms with van der Waals surface area (Å²) in [6.07, 6.45) is 2.16. The highest BCUT2D eigenvalue weighted by Gasteiger charge is 2.42. The van der Waals surface area contributed by atoms with Gasteiger partial charge in [0, 0.05) is 0 Å². The van der Waals surface area contributed by atoms with Gasteiger partial charge in [0.2, 0.25) is 0 Å². The highest BCUT2D eigenvalue weighted by atomic mass is 16.4. The molecule has 1 aliphatic rings. The van der Waals surface area contributed by atoms with Gasteiger partial charge in [-0.15, -0.1) is 0 Å². The number of aliphatic carboxylic acids is 1. The van der Waals surface area contributed by atoms with E-state index in [0.717, 1.165) is 18.4 Å². The Kier molecular flexibility index (Phi) is 3.68. The van der Waals surface area contributed by atoms with E-state index in [1.165, 1.54) is 0 Å². The lowest BCUT2D eigenvalue weighted by molar-refractivity contribution is -0.143. The lowest BCUT2D eigenvalue weighted by Crippen LogP contribution is -2.32. The molecule has 0 heterocycles. The minimum Gasteiger partial charge on any atom is -0.481 e. The SMILES string of the molecule is O=C(O)C1(c2cccc(C(O)CO)c2)CCCC1. The normalized spacial score (nSPS) is 19.7. The summed E-state index contributed by atoms with van der Waals surface area (Å²) in [4.78, 5) is 11.6. The number of carbonyl (C=O) groups is 1. The highest BCUT2D eigenvalue weighted by Crippen LogP contribution is 2.41. The Labute approximate surface area is 106 Å². The second-order valence-electron chi connectivity index (χ2n) is 4.92. The summed E-state index contributed by atoms with van der Waals surface area (Å²) in [7, 11) is 0. The zero-order chi connectivity index (χ0) is 13.2. The summed E-state index contributed by atoms with van der Waals surface area (Å²) in [6, 6.07) is 6.95. The molecule has 0 amide bonds. The Bertz CT molecular complexity index is 435. The zero-order valence-corrected chi connectivity index (χ0v) is 10.2. The maximum absolute atomic E-state index is 11.6. The van der Waals surface area contributed by atoms with Gasteiger partial charge in [0.15, 0.2) is 0 Å². The molecular formula is C14H18O4. The third-order valence-electron chi connectivity index (χ3n) is 3.86. The van der Waals surface area contributed by atoms with Gasteiger partial charge in [-0.3, -0.25) is 4.79 Å². The molecule has 0 aromatic heterocycles. The molecule has 4 nitrogen and oxygen atoms in total. The van der Waals surface area contributed by atoms with Crippen LogP contribution >= 0.6 is 0 Å². The van der Waals surface area contributed by atoms with Gasteiger partial charge in [0.1, 0.15) is 6.10 Å². The minimum atomic E-state index is -0.947. The fourth-order valence-electron chi connectivity index (χ4n) is 2.75. The minimum absolute atomic E-state index is 0.358. The van der Waals surface area contributed by atoms with Crippen LogP contribution in [0.2, 0.25) is 0 Å². The number of benzene rings is 1. The number of hydrogen-bond acceptors (Lipinski definition) is 3. The first kappa shape index (κ1) is 13.1. The number of aliphatic hydroxyl groups excluding tert-OH is 2. The van der Waals surface area contributed by atoms with Crippen LogP contribution in [0.25, 0.3) is 0 Å². The van der Waals surface area contributed by atoms with Gasteiger partial charge in [-0.25, -0.2) is 0 Å².